The number of carbonyl (C=O) groups is 2. The highest BCUT2D eigenvalue weighted by Gasteiger charge is 2.47. The smallest absolute Gasteiger partial charge is 0.308 e. The zero-order valence-corrected chi connectivity index (χ0v) is 13.5. The number of hydrogen-bond donors (Lipinski definition) is 1. The summed E-state index contributed by atoms with van der Waals surface area (Å²) in [6.07, 6.45) is 2.15. The standard InChI is InChI=1S/C16H17Cl2NO3/c17-13-5-1-4-10(14(13)18)11-7-12(11)15(20)19-6-2-3-9(8-19)16(21)22/h1,4-5,9,11-12H,2-3,6-8H2,(H,21,22)/t9-,11-,12+/m1/s1. The highest BCUT2D eigenvalue weighted by molar-refractivity contribution is 6.42. The van der Waals surface area contributed by atoms with Crippen molar-refractivity contribution >= 4 is 35.1 Å². The Morgan fingerprint density at radius 3 is 2.77 bits per heavy atom. The molecule has 3 atom stereocenters. The van der Waals surface area contributed by atoms with Crippen molar-refractivity contribution in [3.63, 3.8) is 0 Å². The van der Waals surface area contributed by atoms with Gasteiger partial charge in [0.1, 0.15) is 0 Å². The van der Waals surface area contributed by atoms with Crippen molar-refractivity contribution in [1.29, 1.82) is 0 Å². The monoisotopic (exact) mass is 341 g/mol. The van der Waals surface area contributed by atoms with Gasteiger partial charge in [0.15, 0.2) is 0 Å². The Kier molecular flexibility index (Phi) is 4.33. The zero-order valence-electron chi connectivity index (χ0n) is 12.0. The van der Waals surface area contributed by atoms with E-state index in [4.69, 9.17) is 28.3 Å². The molecule has 3 rings (SSSR count). The van der Waals surface area contributed by atoms with Gasteiger partial charge in [0, 0.05) is 19.0 Å². The van der Waals surface area contributed by atoms with E-state index in [1.54, 1.807) is 11.0 Å². The molecule has 4 nitrogen and oxygen atoms in total. The van der Waals surface area contributed by atoms with E-state index in [1.165, 1.54) is 0 Å². The predicted molar refractivity (Wildman–Crippen MR) is 84.2 cm³/mol. The van der Waals surface area contributed by atoms with Crippen molar-refractivity contribution in [3.05, 3.63) is 33.8 Å². The van der Waals surface area contributed by atoms with Crippen LogP contribution in [0.1, 0.15) is 30.7 Å². The summed E-state index contributed by atoms with van der Waals surface area (Å²) in [7, 11) is 0. The number of nitrogens with zero attached hydrogens (tertiary/aromatic N) is 1. The van der Waals surface area contributed by atoms with Crippen molar-refractivity contribution in [1.82, 2.24) is 4.90 Å². The SMILES string of the molecule is O=C(O)[C@@H]1CCCN(C(=O)[C@H]2C[C@@H]2c2cccc(Cl)c2Cl)C1. The van der Waals surface area contributed by atoms with Crippen LogP contribution >= 0.6 is 23.2 Å². The van der Waals surface area contributed by atoms with Crippen LogP contribution < -0.4 is 0 Å². The molecule has 0 radical (unpaired) electrons. The second-order valence-corrected chi connectivity index (χ2v) is 6.84. The molecule has 1 aromatic carbocycles. The number of piperidine rings is 1. The van der Waals surface area contributed by atoms with Crippen molar-refractivity contribution < 1.29 is 14.7 Å². The van der Waals surface area contributed by atoms with Crippen LogP contribution in [0.25, 0.3) is 0 Å². The molecule has 2 aliphatic rings. The van der Waals surface area contributed by atoms with Gasteiger partial charge in [-0.3, -0.25) is 9.59 Å². The number of carboxylic acids is 1. The van der Waals surface area contributed by atoms with Gasteiger partial charge in [-0.25, -0.2) is 0 Å². The molecule has 6 heteroatoms. The van der Waals surface area contributed by atoms with E-state index in [0.717, 1.165) is 18.4 Å². The van der Waals surface area contributed by atoms with Gasteiger partial charge in [-0.2, -0.15) is 0 Å². The maximum atomic E-state index is 12.6. The van der Waals surface area contributed by atoms with Crippen LogP contribution in [0, 0.1) is 11.8 Å². The summed E-state index contributed by atoms with van der Waals surface area (Å²) < 4.78 is 0. The van der Waals surface area contributed by atoms with E-state index in [0.29, 0.717) is 29.6 Å². The first-order valence-corrected chi connectivity index (χ1v) is 8.20. The Bertz CT molecular complexity index is 619. The Morgan fingerprint density at radius 2 is 2.05 bits per heavy atom. The fourth-order valence-electron chi connectivity index (χ4n) is 3.23. The number of likely N-dealkylation sites (tertiary alicyclic amines) is 1. The van der Waals surface area contributed by atoms with Crippen LogP contribution in [0.4, 0.5) is 0 Å². The fraction of sp³-hybridized carbons (Fsp3) is 0.500. The lowest BCUT2D eigenvalue weighted by molar-refractivity contribution is -0.146. The molecule has 1 aromatic rings. The maximum absolute atomic E-state index is 12.6. The molecule has 1 N–H and O–H groups in total. The number of hydrogen-bond acceptors (Lipinski definition) is 2. The molecule has 0 unspecified atom stereocenters. The van der Waals surface area contributed by atoms with Gasteiger partial charge in [0.25, 0.3) is 0 Å². The van der Waals surface area contributed by atoms with Gasteiger partial charge in [0.05, 0.1) is 16.0 Å². The van der Waals surface area contributed by atoms with E-state index in [2.05, 4.69) is 0 Å². The van der Waals surface area contributed by atoms with Crippen LogP contribution in [-0.4, -0.2) is 35.0 Å². The van der Waals surface area contributed by atoms with Gasteiger partial charge >= 0.3 is 5.97 Å². The van der Waals surface area contributed by atoms with E-state index in [1.807, 2.05) is 12.1 Å². The highest BCUT2D eigenvalue weighted by Crippen LogP contribution is 2.51. The third-order valence-corrected chi connectivity index (χ3v) is 5.40. The van der Waals surface area contributed by atoms with Gasteiger partial charge in [-0.1, -0.05) is 35.3 Å². The van der Waals surface area contributed by atoms with Crippen LogP contribution in [0.3, 0.4) is 0 Å². The van der Waals surface area contributed by atoms with E-state index >= 15 is 0 Å². The molecule has 1 heterocycles. The van der Waals surface area contributed by atoms with E-state index in [9.17, 15) is 9.59 Å². The molecule has 0 spiro atoms. The number of amides is 1. The second-order valence-electron chi connectivity index (χ2n) is 6.05. The summed E-state index contributed by atoms with van der Waals surface area (Å²) >= 11 is 12.2. The first kappa shape index (κ1) is 15.6. The second kappa shape index (κ2) is 6.09. The first-order chi connectivity index (χ1) is 10.5. The molecular weight excluding hydrogens is 325 g/mol. The van der Waals surface area contributed by atoms with Crippen LogP contribution in [-0.2, 0) is 9.59 Å². The normalized spacial score (nSPS) is 27.5. The highest BCUT2D eigenvalue weighted by atomic mass is 35.5. The van der Waals surface area contributed by atoms with Crippen LogP contribution in [0.15, 0.2) is 18.2 Å². The predicted octanol–water partition coefficient (Wildman–Crippen LogP) is 3.42. The summed E-state index contributed by atoms with van der Waals surface area (Å²) in [6.45, 7) is 0.968. The van der Waals surface area contributed by atoms with Crippen LogP contribution in [0.5, 0.6) is 0 Å². The quantitative estimate of drug-likeness (QED) is 0.916. The topological polar surface area (TPSA) is 57.6 Å². The van der Waals surface area contributed by atoms with Crippen molar-refractivity contribution in [3.8, 4) is 0 Å². The third kappa shape index (κ3) is 2.95. The first-order valence-electron chi connectivity index (χ1n) is 7.44. The minimum absolute atomic E-state index is 0.0481. The number of carboxylic acid groups (broad SMARTS) is 1. The number of halogens is 2. The summed E-state index contributed by atoms with van der Waals surface area (Å²) in [6, 6.07) is 5.47. The van der Waals surface area contributed by atoms with Gasteiger partial charge in [-0.15, -0.1) is 0 Å². The molecule has 1 saturated carbocycles. The molecule has 2 fully saturated rings. The third-order valence-electron chi connectivity index (χ3n) is 4.57. The fourth-order valence-corrected chi connectivity index (χ4v) is 3.68. The van der Waals surface area contributed by atoms with E-state index in [-0.39, 0.29) is 17.7 Å². The molecule has 1 aliphatic carbocycles. The average molecular weight is 342 g/mol. The van der Waals surface area contributed by atoms with Gasteiger partial charge in [0.2, 0.25) is 5.91 Å². The lowest BCUT2D eigenvalue weighted by Crippen LogP contribution is -2.43. The maximum Gasteiger partial charge on any atom is 0.308 e. The zero-order chi connectivity index (χ0) is 15.9. The summed E-state index contributed by atoms with van der Waals surface area (Å²) in [5.41, 5.74) is 0.916. The van der Waals surface area contributed by atoms with Gasteiger partial charge < -0.3 is 10.0 Å². The Labute approximate surface area is 139 Å². The van der Waals surface area contributed by atoms with Crippen molar-refractivity contribution in [2.24, 2.45) is 11.8 Å². The number of aliphatic carboxylic acids is 1. The molecular formula is C16H17Cl2NO3. The summed E-state index contributed by atoms with van der Waals surface area (Å²) in [4.78, 5) is 25.4. The molecule has 1 aliphatic heterocycles. The average Bonchev–Trinajstić information content (AvgIpc) is 3.29. The summed E-state index contributed by atoms with van der Waals surface area (Å²) in [5, 5.41) is 10.1. The lowest BCUT2D eigenvalue weighted by atomic mass is 9.97. The molecule has 22 heavy (non-hydrogen) atoms. The van der Waals surface area contributed by atoms with Crippen LogP contribution in [0.2, 0.25) is 10.0 Å². The Hall–Kier alpha value is -1.26. The number of rotatable bonds is 3. The number of benzene rings is 1. The van der Waals surface area contributed by atoms with E-state index < -0.39 is 11.9 Å². The minimum atomic E-state index is -0.817. The largest absolute Gasteiger partial charge is 0.481 e. The van der Waals surface area contributed by atoms with Crippen molar-refractivity contribution in [2.75, 3.05) is 13.1 Å². The number of carbonyl (C=O) groups excluding carboxylic acids is 1. The molecule has 1 saturated heterocycles. The minimum Gasteiger partial charge on any atom is -0.481 e. The van der Waals surface area contributed by atoms with Crippen molar-refractivity contribution in [2.45, 2.75) is 25.2 Å². The lowest BCUT2D eigenvalue weighted by Gasteiger charge is -2.31. The molecule has 0 aromatic heterocycles. The van der Waals surface area contributed by atoms with Gasteiger partial charge in [-0.05, 0) is 36.8 Å². The molecule has 118 valence electrons. The Balaban J connectivity index is 1.68. The summed E-state index contributed by atoms with van der Waals surface area (Å²) in [5.74, 6) is -1.20. The molecule has 1 amide bonds. The molecule has 0 bridgehead atoms. The Morgan fingerprint density at radius 1 is 1.27 bits per heavy atom.